The van der Waals surface area contributed by atoms with Gasteiger partial charge in [-0.25, -0.2) is 0 Å². The summed E-state index contributed by atoms with van der Waals surface area (Å²) in [6, 6.07) is 64.2. The van der Waals surface area contributed by atoms with E-state index in [1.807, 2.05) is 13.8 Å². The highest BCUT2D eigenvalue weighted by atomic mass is 15.1. The van der Waals surface area contributed by atoms with E-state index in [2.05, 4.69) is 224 Å². The standard InChI is InChI=1S/C59H46N2.C2H6/c1-5-49-39(3)54(6-2)59(40(49)4)55-23-15-13-21-50(55)51-35-34-48(38-56(51)59)60(46-30-25-42(26-31-46)41-17-9-7-10-18-41)47-32-27-43(28-33-47)44-29-36-58-53(37-44)52-22-14-16-24-57(52)61(58)45-19-11-8-12-20-45;1-2/h5-33,36-38H,2,4,34-35H2,1,3H3;1-2H3/b49-5-;. The Hall–Kier alpha value is -7.42. The quantitative estimate of drug-likeness (QED) is 0.156. The van der Waals surface area contributed by atoms with Crippen LogP contribution in [0.2, 0.25) is 0 Å². The van der Waals surface area contributed by atoms with Crippen molar-refractivity contribution in [1.82, 2.24) is 4.57 Å². The Balaban J connectivity index is 0.00000232. The van der Waals surface area contributed by atoms with E-state index in [1.165, 1.54) is 94.4 Å². The second kappa shape index (κ2) is 16.1. The first kappa shape index (κ1) is 39.7. The molecule has 1 atom stereocenters. The number of nitrogens with zero attached hydrogens (tertiary/aromatic N) is 2. The van der Waals surface area contributed by atoms with E-state index in [4.69, 9.17) is 6.58 Å². The molecule has 1 aromatic heterocycles. The molecule has 1 unspecified atom stereocenters. The Labute approximate surface area is 372 Å². The van der Waals surface area contributed by atoms with Crippen LogP contribution in [-0.4, -0.2) is 4.57 Å². The van der Waals surface area contributed by atoms with Crippen LogP contribution in [0.5, 0.6) is 0 Å². The van der Waals surface area contributed by atoms with E-state index in [9.17, 15) is 0 Å². The molecule has 0 aliphatic heterocycles. The summed E-state index contributed by atoms with van der Waals surface area (Å²) in [6.07, 6.45) is 8.65. The van der Waals surface area contributed by atoms with Gasteiger partial charge in [-0.3, -0.25) is 0 Å². The van der Waals surface area contributed by atoms with Crippen molar-refractivity contribution in [3.05, 3.63) is 252 Å². The highest BCUT2D eigenvalue weighted by molar-refractivity contribution is 6.10. The summed E-state index contributed by atoms with van der Waals surface area (Å²) in [5, 5.41) is 2.51. The third-order valence-corrected chi connectivity index (χ3v) is 13.5. The Morgan fingerprint density at radius 3 is 1.86 bits per heavy atom. The lowest BCUT2D eigenvalue weighted by molar-refractivity contribution is 0.766. The zero-order chi connectivity index (χ0) is 43.2. The molecule has 0 bridgehead atoms. The molecule has 0 saturated carbocycles. The van der Waals surface area contributed by atoms with Crippen molar-refractivity contribution in [2.45, 2.75) is 46.0 Å². The van der Waals surface area contributed by atoms with Crippen LogP contribution < -0.4 is 4.90 Å². The normalized spacial score (nSPS) is 17.2. The van der Waals surface area contributed by atoms with Gasteiger partial charge in [-0.2, -0.15) is 0 Å². The summed E-state index contributed by atoms with van der Waals surface area (Å²) >= 11 is 0. The van der Waals surface area contributed by atoms with E-state index >= 15 is 0 Å². The van der Waals surface area contributed by atoms with Gasteiger partial charge in [0.25, 0.3) is 0 Å². The number of aromatic nitrogens is 1. The van der Waals surface area contributed by atoms with Crippen molar-refractivity contribution >= 4 is 38.8 Å². The fraction of sp³-hybridized carbons (Fsp3) is 0.115. The lowest BCUT2D eigenvalue weighted by Gasteiger charge is -2.36. The smallest absolute Gasteiger partial charge is 0.0713 e. The fourth-order valence-electron chi connectivity index (χ4n) is 10.8. The first-order chi connectivity index (χ1) is 31.0. The summed E-state index contributed by atoms with van der Waals surface area (Å²) in [7, 11) is 0. The second-order valence-electron chi connectivity index (χ2n) is 16.5. The van der Waals surface area contributed by atoms with Crippen molar-refractivity contribution in [3.63, 3.8) is 0 Å². The molecule has 306 valence electrons. The molecule has 1 heterocycles. The molecule has 3 aliphatic carbocycles. The van der Waals surface area contributed by atoms with Crippen LogP contribution in [0.1, 0.15) is 51.7 Å². The van der Waals surface area contributed by atoms with E-state index in [1.54, 1.807) is 0 Å². The van der Waals surface area contributed by atoms with Crippen molar-refractivity contribution in [2.24, 2.45) is 0 Å². The van der Waals surface area contributed by atoms with Gasteiger partial charge in [0.2, 0.25) is 0 Å². The number of para-hydroxylation sites is 2. The molecule has 0 radical (unpaired) electrons. The van der Waals surface area contributed by atoms with E-state index < -0.39 is 5.41 Å². The van der Waals surface area contributed by atoms with Crippen molar-refractivity contribution < 1.29 is 0 Å². The molecule has 8 aromatic rings. The predicted molar refractivity (Wildman–Crippen MR) is 270 cm³/mol. The number of benzene rings is 7. The van der Waals surface area contributed by atoms with Crippen molar-refractivity contribution in [1.29, 1.82) is 0 Å². The molecule has 2 heteroatoms. The molecule has 1 spiro atoms. The van der Waals surface area contributed by atoms with Crippen LogP contribution in [-0.2, 0) is 5.41 Å². The molecule has 0 saturated heterocycles. The van der Waals surface area contributed by atoms with Crippen LogP contribution >= 0.6 is 0 Å². The van der Waals surface area contributed by atoms with Crippen molar-refractivity contribution in [2.75, 3.05) is 4.90 Å². The summed E-state index contributed by atoms with van der Waals surface area (Å²) in [5.74, 6) is 0. The van der Waals surface area contributed by atoms with E-state index in [0.717, 1.165) is 29.8 Å². The molecule has 63 heavy (non-hydrogen) atoms. The summed E-state index contributed by atoms with van der Waals surface area (Å²) in [5.41, 5.74) is 21.7. The molecular weight excluding hydrogens is 761 g/mol. The van der Waals surface area contributed by atoms with Crippen LogP contribution in [0.4, 0.5) is 11.4 Å². The zero-order valence-electron chi connectivity index (χ0n) is 36.7. The maximum absolute atomic E-state index is 4.86. The van der Waals surface area contributed by atoms with Gasteiger partial charge in [0.1, 0.15) is 0 Å². The summed E-state index contributed by atoms with van der Waals surface area (Å²) < 4.78 is 2.37. The number of rotatable bonds is 7. The highest BCUT2D eigenvalue weighted by Gasteiger charge is 2.53. The first-order valence-corrected chi connectivity index (χ1v) is 22.4. The topological polar surface area (TPSA) is 8.17 Å². The lowest BCUT2D eigenvalue weighted by Crippen LogP contribution is -2.29. The first-order valence-electron chi connectivity index (χ1n) is 22.4. The van der Waals surface area contributed by atoms with Crippen LogP contribution in [0.3, 0.4) is 0 Å². The highest BCUT2D eigenvalue weighted by Crippen LogP contribution is 2.64. The second-order valence-corrected chi connectivity index (χ2v) is 16.5. The van der Waals surface area contributed by atoms with Crippen LogP contribution in [0.15, 0.2) is 241 Å². The largest absolute Gasteiger partial charge is 0.314 e. The minimum atomic E-state index is -0.472. The SMILES string of the molecule is C=CC1=C(C)/C(=C/C)C(=C)C12C1=C(CCC(N(c3ccc(-c4ccccc4)cc3)c3ccc(-c4ccc5c(c4)c4ccccc4n5-c4ccccc4)cc3)=C1)c1ccccc12.CC. The molecule has 2 nitrogen and oxygen atoms in total. The van der Waals surface area contributed by atoms with Gasteiger partial charge in [-0.05, 0) is 154 Å². The Morgan fingerprint density at radius 2 is 1.17 bits per heavy atom. The van der Waals surface area contributed by atoms with Gasteiger partial charge in [-0.1, -0.05) is 160 Å². The van der Waals surface area contributed by atoms with E-state index in [0.29, 0.717) is 0 Å². The Bertz CT molecular complexity index is 3200. The van der Waals surface area contributed by atoms with Gasteiger partial charge < -0.3 is 9.47 Å². The number of anilines is 2. The maximum Gasteiger partial charge on any atom is 0.0713 e. The van der Waals surface area contributed by atoms with Gasteiger partial charge in [0.15, 0.2) is 0 Å². The van der Waals surface area contributed by atoms with Crippen LogP contribution in [0, 0.1) is 0 Å². The molecular formula is C61H52N2. The molecule has 0 fully saturated rings. The molecule has 0 amide bonds. The zero-order valence-corrected chi connectivity index (χ0v) is 36.7. The number of allylic oxidation sites excluding steroid dienone is 10. The third kappa shape index (κ3) is 6.15. The minimum absolute atomic E-state index is 0.472. The molecule has 3 aliphatic rings. The predicted octanol–water partition coefficient (Wildman–Crippen LogP) is 16.7. The van der Waals surface area contributed by atoms with Crippen molar-refractivity contribution in [3.8, 4) is 27.9 Å². The third-order valence-electron chi connectivity index (χ3n) is 13.5. The van der Waals surface area contributed by atoms with Gasteiger partial charge in [0, 0.05) is 33.5 Å². The molecule has 7 aromatic carbocycles. The fourth-order valence-corrected chi connectivity index (χ4v) is 10.8. The summed E-state index contributed by atoms with van der Waals surface area (Å²) in [4.78, 5) is 2.48. The van der Waals surface area contributed by atoms with Crippen LogP contribution in [0.25, 0.3) is 55.3 Å². The van der Waals surface area contributed by atoms with E-state index in [-0.39, 0.29) is 0 Å². The minimum Gasteiger partial charge on any atom is -0.314 e. The maximum atomic E-state index is 4.86. The number of fused-ring (bicyclic) bond motifs is 7. The lowest BCUT2D eigenvalue weighted by atomic mass is 9.68. The average Bonchev–Trinajstić information content (AvgIpc) is 3.92. The number of hydrogen-bond donors (Lipinski definition) is 0. The van der Waals surface area contributed by atoms with Gasteiger partial charge in [0.05, 0.1) is 16.4 Å². The Kier molecular flexibility index (Phi) is 10.2. The molecule has 0 N–H and O–H groups in total. The average molecular weight is 813 g/mol. The molecule has 11 rings (SSSR count). The Morgan fingerprint density at radius 1 is 0.603 bits per heavy atom. The number of hydrogen-bond acceptors (Lipinski definition) is 1. The van der Waals surface area contributed by atoms with Gasteiger partial charge >= 0.3 is 0 Å². The monoisotopic (exact) mass is 812 g/mol. The van der Waals surface area contributed by atoms with Gasteiger partial charge in [-0.15, -0.1) is 0 Å². The summed E-state index contributed by atoms with van der Waals surface area (Å²) in [6.45, 7) is 17.6.